The Labute approximate surface area is 169 Å². The van der Waals surface area contributed by atoms with Crippen LogP contribution >= 0.6 is 0 Å². The van der Waals surface area contributed by atoms with Gasteiger partial charge in [-0.05, 0) is 18.9 Å². The summed E-state index contributed by atoms with van der Waals surface area (Å²) in [5, 5.41) is 11.9. The standard InChI is InChI=1S/C20H21F4N3O3/c21-3-4-26-8-13(20(29)30)19(28)12-5-14(22)18(16(24)17(12)26)27-7-10(15(23)9-27)6-25-11-1-2-11/h5,8,10-11,15,25H,1-4,6-7,9H2,(H,29,30)/t10-,15+/m0/s1. The second-order valence-electron chi connectivity index (χ2n) is 7.84. The van der Waals surface area contributed by atoms with Crippen molar-refractivity contribution < 1.29 is 27.5 Å². The van der Waals surface area contributed by atoms with E-state index in [2.05, 4.69) is 5.32 Å². The van der Waals surface area contributed by atoms with Gasteiger partial charge >= 0.3 is 5.97 Å². The number of pyridine rings is 1. The van der Waals surface area contributed by atoms with E-state index in [1.807, 2.05) is 0 Å². The van der Waals surface area contributed by atoms with Gasteiger partial charge < -0.3 is 19.9 Å². The maximum absolute atomic E-state index is 15.4. The number of alkyl halides is 2. The summed E-state index contributed by atoms with van der Waals surface area (Å²) in [6.45, 7) is -1.10. The number of carboxylic acids is 1. The number of rotatable bonds is 7. The van der Waals surface area contributed by atoms with Gasteiger partial charge in [0.05, 0.1) is 17.4 Å². The Morgan fingerprint density at radius 2 is 2.00 bits per heavy atom. The van der Waals surface area contributed by atoms with Gasteiger partial charge in [0.1, 0.15) is 29.9 Å². The van der Waals surface area contributed by atoms with E-state index < -0.39 is 70.5 Å². The summed E-state index contributed by atoms with van der Waals surface area (Å²) in [5.74, 6) is -4.24. The van der Waals surface area contributed by atoms with E-state index in [1.165, 1.54) is 4.90 Å². The topological polar surface area (TPSA) is 74.6 Å². The van der Waals surface area contributed by atoms with Gasteiger partial charge in [0.2, 0.25) is 5.43 Å². The number of carbonyl (C=O) groups is 1. The molecule has 1 aliphatic heterocycles. The first kappa shape index (κ1) is 20.6. The van der Waals surface area contributed by atoms with Crippen LogP contribution in [0, 0.1) is 17.6 Å². The first-order valence-electron chi connectivity index (χ1n) is 9.78. The summed E-state index contributed by atoms with van der Waals surface area (Å²) in [4.78, 5) is 25.0. The maximum Gasteiger partial charge on any atom is 0.341 e. The number of hydrogen-bond donors (Lipinski definition) is 2. The minimum atomic E-state index is -1.58. The van der Waals surface area contributed by atoms with E-state index in [4.69, 9.17) is 0 Å². The Bertz CT molecular complexity index is 1050. The number of hydrogen-bond acceptors (Lipinski definition) is 4. The highest BCUT2D eigenvalue weighted by atomic mass is 19.1. The zero-order valence-corrected chi connectivity index (χ0v) is 16.0. The quantitative estimate of drug-likeness (QED) is 0.665. The predicted molar refractivity (Wildman–Crippen MR) is 103 cm³/mol. The van der Waals surface area contributed by atoms with Crippen molar-refractivity contribution in [3.05, 3.63) is 39.7 Å². The minimum absolute atomic E-state index is 0.0841. The molecular formula is C20H21F4N3O3. The van der Waals surface area contributed by atoms with Crippen LogP contribution < -0.4 is 15.6 Å². The van der Waals surface area contributed by atoms with Crippen molar-refractivity contribution in [1.29, 1.82) is 0 Å². The van der Waals surface area contributed by atoms with Gasteiger partial charge in [0, 0.05) is 37.8 Å². The van der Waals surface area contributed by atoms with Crippen molar-refractivity contribution in [2.24, 2.45) is 5.92 Å². The Morgan fingerprint density at radius 1 is 1.27 bits per heavy atom. The van der Waals surface area contributed by atoms with Gasteiger partial charge in [-0.15, -0.1) is 0 Å². The number of aryl methyl sites for hydroxylation is 1. The summed E-state index contributed by atoms with van der Waals surface area (Å²) in [7, 11) is 0. The smallest absolute Gasteiger partial charge is 0.341 e. The van der Waals surface area contributed by atoms with E-state index in [-0.39, 0.29) is 13.1 Å². The zero-order valence-electron chi connectivity index (χ0n) is 16.0. The van der Waals surface area contributed by atoms with Crippen LogP contribution in [0.4, 0.5) is 23.2 Å². The molecule has 1 aromatic carbocycles. The molecule has 0 radical (unpaired) electrons. The Hall–Kier alpha value is -2.62. The average Bonchev–Trinajstić information content (AvgIpc) is 3.44. The summed E-state index contributed by atoms with van der Waals surface area (Å²) in [5.41, 5.74) is -2.66. The Balaban J connectivity index is 1.77. The molecule has 2 heterocycles. The van der Waals surface area contributed by atoms with E-state index in [0.717, 1.165) is 29.7 Å². The van der Waals surface area contributed by atoms with E-state index in [9.17, 15) is 27.9 Å². The number of carboxylic acid groups (broad SMARTS) is 1. The van der Waals surface area contributed by atoms with Crippen molar-refractivity contribution >= 4 is 22.6 Å². The fourth-order valence-electron chi connectivity index (χ4n) is 4.00. The number of aromatic nitrogens is 1. The van der Waals surface area contributed by atoms with Crippen LogP contribution in [0.25, 0.3) is 10.9 Å². The van der Waals surface area contributed by atoms with Gasteiger partial charge in [-0.3, -0.25) is 4.79 Å². The molecule has 6 nitrogen and oxygen atoms in total. The molecule has 2 atom stereocenters. The molecular weight excluding hydrogens is 406 g/mol. The maximum atomic E-state index is 15.4. The number of aromatic carboxylic acids is 1. The molecule has 2 aliphatic rings. The number of benzene rings is 1. The summed E-state index contributed by atoms with van der Waals surface area (Å²) in [6.07, 6.45) is 1.63. The van der Waals surface area contributed by atoms with Crippen molar-refractivity contribution in [2.45, 2.75) is 31.6 Å². The molecule has 0 bridgehead atoms. The third kappa shape index (κ3) is 3.64. The average molecular weight is 427 g/mol. The van der Waals surface area contributed by atoms with Gasteiger partial charge in [-0.1, -0.05) is 0 Å². The molecule has 0 unspecified atom stereocenters. The van der Waals surface area contributed by atoms with Gasteiger partial charge in [0.25, 0.3) is 0 Å². The van der Waals surface area contributed by atoms with Crippen molar-refractivity contribution in [1.82, 2.24) is 9.88 Å². The van der Waals surface area contributed by atoms with Crippen molar-refractivity contribution in [2.75, 3.05) is 31.2 Å². The Morgan fingerprint density at radius 3 is 2.63 bits per heavy atom. The summed E-state index contributed by atoms with van der Waals surface area (Å²) < 4.78 is 58.7. The van der Waals surface area contributed by atoms with Crippen LogP contribution in [0.3, 0.4) is 0 Å². The highest BCUT2D eigenvalue weighted by Crippen LogP contribution is 2.34. The van der Waals surface area contributed by atoms with Crippen LogP contribution in [0.5, 0.6) is 0 Å². The summed E-state index contributed by atoms with van der Waals surface area (Å²) >= 11 is 0. The third-order valence-corrected chi connectivity index (χ3v) is 5.71. The molecule has 1 saturated heterocycles. The largest absolute Gasteiger partial charge is 0.477 e. The number of anilines is 1. The molecule has 30 heavy (non-hydrogen) atoms. The molecule has 2 N–H and O–H groups in total. The lowest BCUT2D eigenvalue weighted by atomic mass is 10.1. The lowest BCUT2D eigenvalue weighted by molar-refractivity contribution is 0.0694. The molecule has 1 aromatic heterocycles. The van der Waals surface area contributed by atoms with Gasteiger partial charge in [-0.2, -0.15) is 0 Å². The predicted octanol–water partition coefficient (Wildman–Crippen LogP) is 2.47. The van der Waals surface area contributed by atoms with Gasteiger partial charge in [-0.25, -0.2) is 22.4 Å². The monoisotopic (exact) mass is 427 g/mol. The molecule has 0 spiro atoms. The van der Waals surface area contributed by atoms with Crippen LogP contribution in [-0.2, 0) is 6.54 Å². The van der Waals surface area contributed by atoms with E-state index in [0.29, 0.717) is 12.6 Å². The molecule has 2 fully saturated rings. The normalized spacial score (nSPS) is 21.5. The summed E-state index contributed by atoms with van der Waals surface area (Å²) in [6, 6.07) is 1.12. The molecule has 0 amide bonds. The first-order chi connectivity index (χ1) is 14.3. The van der Waals surface area contributed by atoms with E-state index in [1.54, 1.807) is 0 Å². The van der Waals surface area contributed by atoms with E-state index >= 15 is 4.39 Å². The minimum Gasteiger partial charge on any atom is -0.477 e. The molecule has 162 valence electrons. The molecule has 1 aliphatic carbocycles. The number of fused-ring (bicyclic) bond motifs is 1. The molecule has 1 saturated carbocycles. The zero-order chi connectivity index (χ0) is 21.6. The third-order valence-electron chi connectivity index (χ3n) is 5.71. The molecule has 4 rings (SSSR count). The fourth-order valence-corrected chi connectivity index (χ4v) is 4.00. The molecule has 2 aromatic rings. The number of nitrogens with zero attached hydrogens (tertiary/aromatic N) is 2. The highest BCUT2D eigenvalue weighted by Gasteiger charge is 2.37. The lowest BCUT2D eigenvalue weighted by Gasteiger charge is -2.22. The number of halogens is 4. The number of nitrogens with one attached hydrogen (secondary N) is 1. The van der Waals surface area contributed by atoms with Crippen LogP contribution in [0.2, 0.25) is 0 Å². The first-order valence-corrected chi connectivity index (χ1v) is 9.78. The Kier molecular flexibility index (Phi) is 5.44. The van der Waals surface area contributed by atoms with Gasteiger partial charge in [0.15, 0.2) is 5.82 Å². The van der Waals surface area contributed by atoms with Crippen LogP contribution in [-0.4, -0.2) is 54.2 Å². The van der Waals surface area contributed by atoms with Crippen LogP contribution in [0.15, 0.2) is 17.1 Å². The van der Waals surface area contributed by atoms with Crippen molar-refractivity contribution in [3.8, 4) is 0 Å². The van der Waals surface area contributed by atoms with Crippen LogP contribution in [0.1, 0.15) is 23.2 Å². The second kappa shape index (κ2) is 7.90. The van der Waals surface area contributed by atoms with Crippen molar-refractivity contribution in [3.63, 3.8) is 0 Å². The SMILES string of the molecule is O=C(O)c1cn(CCF)c2c(F)c(N3C[C@H](CNC4CC4)[C@H](F)C3)c(F)cc2c1=O. The highest BCUT2D eigenvalue weighted by molar-refractivity contribution is 5.93. The fraction of sp³-hybridized carbons (Fsp3) is 0.500. The second-order valence-corrected chi connectivity index (χ2v) is 7.84. The molecule has 10 heteroatoms. The lowest BCUT2D eigenvalue weighted by Crippen LogP contribution is -2.30.